The van der Waals surface area contributed by atoms with Crippen LogP contribution in [-0.2, 0) is 6.54 Å². The Morgan fingerprint density at radius 2 is 1.85 bits per heavy atom. The minimum atomic E-state index is -0.285. The zero-order valence-electron chi connectivity index (χ0n) is 14.7. The number of nitrogens with one attached hydrogen (secondary N) is 1. The number of aryl methyl sites for hydroxylation is 1. The molecular weight excluding hydrogens is 358 g/mol. The number of hydrogen-bond acceptors (Lipinski definition) is 4. The highest BCUT2D eigenvalue weighted by molar-refractivity contribution is 7.22. The van der Waals surface area contributed by atoms with E-state index >= 15 is 0 Å². The van der Waals surface area contributed by atoms with Gasteiger partial charge in [0.2, 0.25) is 0 Å². The number of hydrogen-bond donors (Lipinski definition) is 1. The van der Waals surface area contributed by atoms with E-state index in [1.165, 1.54) is 17.4 Å². The lowest BCUT2D eigenvalue weighted by Gasteiger charge is -2.10. The van der Waals surface area contributed by atoms with Crippen molar-refractivity contribution in [1.82, 2.24) is 9.55 Å². The van der Waals surface area contributed by atoms with Gasteiger partial charge in [-0.25, -0.2) is 4.98 Å². The van der Waals surface area contributed by atoms with Crippen molar-refractivity contribution < 1.29 is 4.79 Å². The molecule has 27 heavy (non-hydrogen) atoms. The molecule has 0 bridgehead atoms. The zero-order chi connectivity index (χ0) is 18.8. The molecule has 134 valence electrons. The largest absolute Gasteiger partial charge is 0.310 e. The number of pyridine rings is 1. The number of amides is 1. The van der Waals surface area contributed by atoms with Crippen LogP contribution >= 0.6 is 11.3 Å². The number of thiazole rings is 1. The fourth-order valence-corrected chi connectivity index (χ4v) is 3.72. The molecule has 5 nitrogen and oxygen atoms in total. The molecule has 2 heterocycles. The molecule has 0 saturated carbocycles. The van der Waals surface area contributed by atoms with Gasteiger partial charge in [0.1, 0.15) is 0 Å². The second kappa shape index (κ2) is 7.17. The minimum Gasteiger partial charge on any atom is -0.310 e. The summed E-state index contributed by atoms with van der Waals surface area (Å²) in [4.78, 5) is 29.2. The number of carbonyl (C=O) groups excluding carboxylic acids is 1. The van der Waals surface area contributed by atoms with Crippen molar-refractivity contribution in [2.75, 3.05) is 5.32 Å². The molecule has 1 N–H and O–H groups in total. The summed E-state index contributed by atoms with van der Waals surface area (Å²) in [6.07, 6.45) is 1.59. The number of aromatic nitrogens is 2. The lowest BCUT2D eigenvalue weighted by molar-refractivity contribution is 0.102. The summed E-state index contributed by atoms with van der Waals surface area (Å²) >= 11 is 1.42. The Morgan fingerprint density at radius 1 is 1.07 bits per heavy atom. The van der Waals surface area contributed by atoms with Crippen LogP contribution < -0.4 is 10.9 Å². The van der Waals surface area contributed by atoms with Gasteiger partial charge in [-0.2, -0.15) is 0 Å². The molecule has 4 aromatic rings. The predicted octanol–water partition coefficient (Wildman–Crippen LogP) is 4.07. The smallest absolute Gasteiger partial charge is 0.258 e. The van der Waals surface area contributed by atoms with Crippen LogP contribution in [0.5, 0.6) is 0 Å². The fraction of sp³-hybridized carbons (Fsp3) is 0.0952. The highest BCUT2D eigenvalue weighted by atomic mass is 32.1. The third-order valence-electron chi connectivity index (χ3n) is 4.36. The second-order valence-electron chi connectivity index (χ2n) is 6.25. The summed E-state index contributed by atoms with van der Waals surface area (Å²) in [6, 6.07) is 18.6. The maximum Gasteiger partial charge on any atom is 0.258 e. The molecule has 0 aliphatic carbocycles. The number of carbonyl (C=O) groups is 1. The summed E-state index contributed by atoms with van der Waals surface area (Å²) in [6.45, 7) is 2.43. The molecule has 0 spiro atoms. The second-order valence-corrected chi connectivity index (χ2v) is 7.28. The Hall–Kier alpha value is -3.25. The van der Waals surface area contributed by atoms with Crippen LogP contribution in [0.15, 0.2) is 71.7 Å². The standard InChI is InChI=1S/C21H17N3O2S/c1-14-6-2-3-7-15(14)12-24-13-16(10-11-19(24)25)20(26)23-21-22-17-8-4-5-9-18(17)27-21/h2-11,13H,12H2,1H3,(H,22,23,26). The summed E-state index contributed by atoms with van der Waals surface area (Å²) in [5, 5.41) is 3.36. The van der Waals surface area contributed by atoms with Gasteiger partial charge >= 0.3 is 0 Å². The zero-order valence-corrected chi connectivity index (χ0v) is 15.5. The Morgan fingerprint density at radius 3 is 2.67 bits per heavy atom. The van der Waals surface area contributed by atoms with Gasteiger partial charge in [-0.05, 0) is 36.2 Å². The topological polar surface area (TPSA) is 64.0 Å². The molecule has 0 radical (unpaired) electrons. The number of para-hydroxylation sites is 1. The first-order chi connectivity index (χ1) is 13.1. The van der Waals surface area contributed by atoms with E-state index in [0.717, 1.165) is 21.3 Å². The summed E-state index contributed by atoms with van der Waals surface area (Å²) in [5.74, 6) is -0.285. The van der Waals surface area contributed by atoms with Crippen molar-refractivity contribution in [3.63, 3.8) is 0 Å². The number of anilines is 1. The molecule has 2 aromatic heterocycles. The average molecular weight is 375 g/mol. The van der Waals surface area contributed by atoms with Crippen LogP contribution in [0.4, 0.5) is 5.13 Å². The van der Waals surface area contributed by atoms with E-state index in [1.807, 2.05) is 55.5 Å². The van der Waals surface area contributed by atoms with Crippen LogP contribution in [0.1, 0.15) is 21.5 Å². The quantitative estimate of drug-likeness (QED) is 0.585. The third kappa shape index (κ3) is 3.66. The first-order valence-electron chi connectivity index (χ1n) is 8.52. The van der Waals surface area contributed by atoms with Gasteiger partial charge in [-0.1, -0.05) is 47.7 Å². The van der Waals surface area contributed by atoms with Crippen molar-refractivity contribution in [2.45, 2.75) is 13.5 Å². The van der Waals surface area contributed by atoms with Crippen molar-refractivity contribution >= 4 is 32.6 Å². The Kier molecular flexibility index (Phi) is 4.56. The summed E-state index contributed by atoms with van der Waals surface area (Å²) in [7, 11) is 0. The molecule has 4 rings (SSSR count). The SMILES string of the molecule is Cc1ccccc1Cn1cc(C(=O)Nc2nc3ccccc3s2)ccc1=O. The number of rotatable bonds is 4. The highest BCUT2D eigenvalue weighted by Crippen LogP contribution is 2.25. The van der Waals surface area contributed by atoms with E-state index in [4.69, 9.17) is 0 Å². The number of benzene rings is 2. The Bertz CT molecular complexity index is 1160. The molecule has 1 amide bonds. The maximum absolute atomic E-state index is 12.6. The third-order valence-corrected chi connectivity index (χ3v) is 5.31. The molecule has 0 unspecified atom stereocenters. The van der Waals surface area contributed by atoms with Crippen LogP contribution in [-0.4, -0.2) is 15.5 Å². The van der Waals surface area contributed by atoms with Crippen molar-refractivity contribution in [2.24, 2.45) is 0 Å². The van der Waals surface area contributed by atoms with Gasteiger partial charge in [0.25, 0.3) is 11.5 Å². The first-order valence-corrected chi connectivity index (χ1v) is 9.34. The lowest BCUT2D eigenvalue weighted by Crippen LogP contribution is -2.22. The summed E-state index contributed by atoms with van der Waals surface area (Å²) in [5.41, 5.74) is 3.27. The highest BCUT2D eigenvalue weighted by Gasteiger charge is 2.12. The van der Waals surface area contributed by atoms with Gasteiger partial charge in [-0.15, -0.1) is 0 Å². The Labute approximate surface area is 159 Å². The minimum absolute atomic E-state index is 0.144. The van der Waals surface area contributed by atoms with Crippen molar-refractivity contribution in [3.8, 4) is 0 Å². The van der Waals surface area contributed by atoms with E-state index in [1.54, 1.807) is 16.8 Å². The van der Waals surface area contributed by atoms with Crippen molar-refractivity contribution in [1.29, 1.82) is 0 Å². The fourth-order valence-electron chi connectivity index (χ4n) is 2.86. The molecule has 0 saturated heterocycles. The van der Waals surface area contributed by atoms with Gasteiger partial charge < -0.3 is 4.57 Å². The van der Waals surface area contributed by atoms with Crippen LogP contribution in [0, 0.1) is 6.92 Å². The van der Waals surface area contributed by atoms with Gasteiger partial charge in [-0.3, -0.25) is 14.9 Å². The molecule has 2 aromatic carbocycles. The van der Waals surface area contributed by atoms with Gasteiger partial charge in [0, 0.05) is 12.3 Å². The summed E-state index contributed by atoms with van der Waals surface area (Å²) < 4.78 is 2.56. The molecular formula is C21H17N3O2S. The number of nitrogens with zero attached hydrogens (tertiary/aromatic N) is 2. The van der Waals surface area contributed by atoms with Gasteiger partial charge in [0.05, 0.1) is 22.3 Å². The van der Waals surface area contributed by atoms with E-state index in [2.05, 4.69) is 10.3 Å². The number of fused-ring (bicyclic) bond motifs is 1. The lowest BCUT2D eigenvalue weighted by atomic mass is 10.1. The van der Waals surface area contributed by atoms with E-state index in [-0.39, 0.29) is 11.5 Å². The molecule has 0 fully saturated rings. The normalized spacial score (nSPS) is 10.9. The van der Waals surface area contributed by atoms with E-state index in [0.29, 0.717) is 17.2 Å². The van der Waals surface area contributed by atoms with E-state index in [9.17, 15) is 9.59 Å². The van der Waals surface area contributed by atoms with Crippen LogP contribution in [0.25, 0.3) is 10.2 Å². The molecule has 0 atom stereocenters. The van der Waals surface area contributed by atoms with Crippen LogP contribution in [0.3, 0.4) is 0 Å². The Balaban J connectivity index is 1.59. The van der Waals surface area contributed by atoms with Crippen LogP contribution in [0.2, 0.25) is 0 Å². The molecule has 0 aliphatic heterocycles. The van der Waals surface area contributed by atoms with Crippen molar-refractivity contribution in [3.05, 3.63) is 93.9 Å². The first kappa shape index (κ1) is 17.2. The van der Waals surface area contributed by atoms with Gasteiger partial charge in [0.15, 0.2) is 5.13 Å². The molecule has 6 heteroatoms. The maximum atomic E-state index is 12.6. The molecule has 0 aliphatic rings. The average Bonchev–Trinajstić information content (AvgIpc) is 3.07. The monoisotopic (exact) mass is 375 g/mol. The predicted molar refractivity (Wildman–Crippen MR) is 109 cm³/mol. The van der Waals surface area contributed by atoms with E-state index < -0.39 is 0 Å².